The van der Waals surface area contributed by atoms with Crippen molar-refractivity contribution in [2.75, 3.05) is 6.54 Å². The zero-order valence-electron chi connectivity index (χ0n) is 16.7. The van der Waals surface area contributed by atoms with Gasteiger partial charge in [-0.25, -0.2) is 4.79 Å². The van der Waals surface area contributed by atoms with Crippen molar-refractivity contribution in [2.45, 2.75) is 83.7 Å². The summed E-state index contributed by atoms with van der Waals surface area (Å²) in [5.74, 6) is -1.18. The molecule has 1 aliphatic rings. The Labute approximate surface area is 159 Å². The molecule has 26 heavy (non-hydrogen) atoms. The van der Waals surface area contributed by atoms with E-state index in [0.29, 0.717) is 19.4 Å². The summed E-state index contributed by atoms with van der Waals surface area (Å²) in [5, 5.41) is 2.50. The molecule has 1 saturated heterocycles. The first kappa shape index (κ1) is 22.5. The van der Waals surface area contributed by atoms with Gasteiger partial charge < -0.3 is 15.0 Å². The highest BCUT2D eigenvalue weighted by molar-refractivity contribution is 8.14. The van der Waals surface area contributed by atoms with Gasteiger partial charge in [0.1, 0.15) is 17.7 Å². The lowest BCUT2D eigenvalue weighted by molar-refractivity contribution is -0.163. The molecule has 0 aromatic carbocycles. The van der Waals surface area contributed by atoms with E-state index in [1.54, 1.807) is 34.6 Å². The van der Waals surface area contributed by atoms with Gasteiger partial charge in [0.15, 0.2) is 5.12 Å². The molecule has 0 bridgehead atoms. The van der Waals surface area contributed by atoms with Gasteiger partial charge >= 0.3 is 5.97 Å². The van der Waals surface area contributed by atoms with Crippen molar-refractivity contribution < 1.29 is 23.9 Å². The van der Waals surface area contributed by atoms with Gasteiger partial charge in [-0.2, -0.15) is 0 Å². The molecule has 0 saturated carbocycles. The third-order valence-electron chi connectivity index (χ3n) is 3.91. The number of hydrogen-bond donors (Lipinski definition) is 1. The van der Waals surface area contributed by atoms with Gasteiger partial charge in [-0.05, 0) is 47.5 Å². The van der Waals surface area contributed by atoms with Crippen molar-refractivity contribution in [1.82, 2.24) is 10.2 Å². The predicted molar refractivity (Wildman–Crippen MR) is 101 cm³/mol. The third kappa shape index (κ3) is 6.30. The molecule has 0 radical (unpaired) electrons. The lowest BCUT2D eigenvalue weighted by Gasteiger charge is -2.36. The minimum atomic E-state index is -0.920. The van der Waals surface area contributed by atoms with Gasteiger partial charge in [-0.3, -0.25) is 14.4 Å². The Morgan fingerprint density at radius 2 is 1.69 bits per heavy atom. The normalized spacial score (nSPS) is 19.0. The van der Waals surface area contributed by atoms with E-state index in [9.17, 15) is 19.2 Å². The summed E-state index contributed by atoms with van der Waals surface area (Å²) >= 11 is 0.996. The van der Waals surface area contributed by atoms with Crippen LogP contribution in [0, 0.1) is 0 Å². The molecule has 2 atom stereocenters. The molecule has 1 fully saturated rings. The fraction of sp³-hybridized carbons (Fsp3) is 0.778. The van der Waals surface area contributed by atoms with Crippen LogP contribution in [0.5, 0.6) is 0 Å². The molecular formula is C18H30N2O5S. The average Bonchev–Trinajstić information content (AvgIpc) is 2.89. The lowest BCUT2D eigenvalue weighted by Crippen LogP contribution is -2.59. The van der Waals surface area contributed by atoms with E-state index >= 15 is 0 Å². The Balaban J connectivity index is 3.07. The first-order valence-corrected chi connectivity index (χ1v) is 9.56. The number of esters is 1. The number of nitrogens with one attached hydrogen (secondary N) is 1. The molecule has 2 amide bonds. The Hall–Kier alpha value is -1.57. The Bertz CT molecular complexity index is 583. The van der Waals surface area contributed by atoms with Crippen LogP contribution >= 0.6 is 11.8 Å². The number of rotatable bonds is 5. The summed E-state index contributed by atoms with van der Waals surface area (Å²) in [6, 6.07) is -1.59. The molecule has 0 spiro atoms. The maximum Gasteiger partial charge on any atom is 0.329 e. The number of ether oxygens (including phenoxy) is 1. The molecule has 0 aromatic heterocycles. The van der Waals surface area contributed by atoms with Gasteiger partial charge in [0.25, 0.3) is 0 Å². The summed E-state index contributed by atoms with van der Waals surface area (Å²) in [6.45, 7) is 12.0. The molecule has 0 aliphatic carbocycles. The van der Waals surface area contributed by atoms with Gasteiger partial charge in [0, 0.05) is 25.1 Å². The highest BCUT2D eigenvalue weighted by Gasteiger charge is 2.45. The maximum atomic E-state index is 13.2. The number of thioether (sulfide) groups is 1. The van der Waals surface area contributed by atoms with E-state index in [4.69, 9.17) is 4.74 Å². The van der Waals surface area contributed by atoms with Crippen LogP contribution < -0.4 is 5.32 Å². The zero-order chi connectivity index (χ0) is 20.3. The Morgan fingerprint density at radius 1 is 1.12 bits per heavy atom. The number of amides is 2. The van der Waals surface area contributed by atoms with Crippen LogP contribution in [0.2, 0.25) is 0 Å². The quantitative estimate of drug-likeness (QED) is 0.725. The second-order valence-electron chi connectivity index (χ2n) is 8.05. The van der Waals surface area contributed by atoms with E-state index in [1.165, 1.54) is 18.7 Å². The largest absolute Gasteiger partial charge is 0.458 e. The second kappa shape index (κ2) is 8.41. The smallest absolute Gasteiger partial charge is 0.329 e. The molecular weight excluding hydrogens is 356 g/mol. The average molecular weight is 387 g/mol. The standard InChI is InChI=1S/C18H30N2O5S/c1-11(21)19-14(18(6,7)26-12(2)22)15(23)20-10-8-9-13(20)16(24)25-17(3,4)5/h13-14H,8-10H2,1-7H3,(H,19,21)/t13-,14?/m0/s1. The number of carbonyl (C=O) groups excluding carboxylic acids is 4. The zero-order valence-corrected chi connectivity index (χ0v) is 17.5. The second-order valence-corrected chi connectivity index (χ2v) is 9.88. The monoisotopic (exact) mass is 386 g/mol. The van der Waals surface area contributed by atoms with Gasteiger partial charge in [0.05, 0.1) is 0 Å². The van der Waals surface area contributed by atoms with Crippen LogP contribution in [0.15, 0.2) is 0 Å². The molecule has 1 unspecified atom stereocenters. The molecule has 0 aromatic rings. The predicted octanol–water partition coefficient (Wildman–Crippen LogP) is 1.88. The molecule has 1 N–H and O–H groups in total. The lowest BCUT2D eigenvalue weighted by atomic mass is 10.0. The number of carbonyl (C=O) groups is 4. The van der Waals surface area contributed by atoms with E-state index in [0.717, 1.165) is 11.8 Å². The van der Waals surface area contributed by atoms with E-state index in [-0.39, 0.29) is 16.9 Å². The van der Waals surface area contributed by atoms with Crippen LogP contribution in [-0.2, 0) is 23.9 Å². The van der Waals surface area contributed by atoms with Crippen molar-refractivity contribution in [3.05, 3.63) is 0 Å². The fourth-order valence-corrected chi connectivity index (χ4v) is 4.00. The molecule has 1 heterocycles. The summed E-state index contributed by atoms with van der Waals surface area (Å²) in [4.78, 5) is 50.3. The van der Waals surface area contributed by atoms with Crippen molar-refractivity contribution >= 4 is 34.7 Å². The summed E-state index contributed by atoms with van der Waals surface area (Å²) in [7, 11) is 0. The Kier molecular flexibility index (Phi) is 7.27. The SMILES string of the molecule is CC(=O)NC(C(=O)N1CCC[C@H]1C(=O)OC(C)(C)C)C(C)(C)SC(C)=O. The first-order valence-electron chi connectivity index (χ1n) is 8.74. The van der Waals surface area contributed by atoms with E-state index < -0.39 is 28.4 Å². The van der Waals surface area contributed by atoms with Crippen molar-refractivity contribution in [3.63, 3.8) is 0 Å². The number of likely N-dealkylation sites (tertiary alicyclic amines) is 1. The fourth-order valence-electron chi connectivity index (χ4n) is 2.98. The molecule has 8 heteroatoms. The van der Waals surface area contributed by atoms with E-state index in [2.05, 4.69) is 5.32 Å². The van der Waals surface area contributed by atoms with Crippen molar-refractivity contribution in [1.29, 1.82) is 0 Å². The highest BCUT2D eigenvalue weighted by Crippen LogP contribution is 2.32. The van der Waals surface area contributed by atoms with Crippen LogP contribution in [0.3, 0.4) is 0 Å². The molecule has 7 nitrogen and oxygen atoms in total. The van der Waals surface area contributed by atoms with Gasteiger partial charge in [0.2, 0.25) is 11.8 Å². The highest BCUT2D eigenvalue weighted by atomic mass is 32.2. The van der Waals surface area contributed by atoms with E-state index in [1.807, 2.05) is 0 Å². The van der Waals surface area contributed by atoms with Crippen molar-refractivity contribution in [2.24, 2.45) is 0 Å². The first-order chi connectivity index (χ1) is 11.7. The maximum absolute atomic E-state index is 13.2. The van der Waals surface area contributed by atoms with Gasteiger partial charge in [-0.1, -0.05) is 11.8 Å². The summed E-state index contributed by atoms with van der Waals surface area (Å²) in [6.07, 6.45) is 1.20. The van der Waals surface area contributed by atoms with Crippen LogP contribution in [0.1, 0.15) is 61.3 Å². The van der Waals surface area contributed by atoms with Crippen molar-refractivity contribution in [3.8, 4) is 0 Å². The molecule has 1 aliphatic heterocycles. The minimum absolute atomic E-state index is 0.150. The third-order valence-corrected chi connectivity index (χ3v) is 4.96. The minimum Gasteiger partial charge on any atom is -0.458 e. The Morgan fingerprint density at radius 3 is 2.15 bits per heavy atom. The van der Waals surface area contributed by atoms with Crippen LogP contribution in [0.4, 0.5) is 0 Å². The molecule has 148 valence electrons. The number of hydrogen-bond acceptors (Lipinski definition) is 6. The molecule has 1 rings (SSSR count). The van der Waals surface area contributed by atoms with Gasteiger partial charge in [-0.15, -0.1) is 0 Å². The number of nitrogens with zero attached hydrogens (tertiary/aromatic N) is 1. The summed E-state index contributed by atoms with van der Waals surface area (Å²) < 4.78 is 4.58. The topological polar surface area (TPSA) is 92.8 Å². The van der Waals surface area contributed by atoms with Crippen LogP contribution in [-0.4, -0.2) is 56.8 Å². The summed E-state index contributed by atoms with van der Waals surface area (Å²) in [5.41, 5.74) is -0.644. The van der Waals surface area contributed by atoms with Crippen LogP contribution in [0.25, 0.3) is 0 Å².